The van der Waals surface area contributed by atoms with Crippen molar-refractivity contribution in [3.05, 3.63) is 41.2 Å². The number of benzene rings is 1. The van der Waals surface area contributed by atoms with Crippen LogP contribution in [0.3, 0.4) is 0 Å². The zero-order valence-corrected chi connectivity index (χ0v) is 17.3. The number of aliphatic hydroxyl groups is 1. The molecule has 1 saturated heterocycles. The van der Waals surface area contributed by atoms with E-state index in [-0.39, 0.29) is 12.0 Å². The number of hydrogen-bond donors (Lipinski definition) is 1. The molecule has 1 unspecified atom stereocenters. The van der Waals surface area contributed by atoms with Crippen LogP contribution >= 0.6 is 0 Å². The molecule has 0 bridgehead atoms. The van der Waals surface area contributed by atoms with Crippen LogP contribution in [0.2, 0.25) is 0 Å². The van der Waals surface area contributed by atoms with Gasteiger partial charge in [0.2, 0.25) is 0 Å². The molecule has 1 aromatic carbocycles. The zero-order valence-electron chi connectivity index (χ0n) is 17.3. The average molecular weight is 386 g/mol. The number of amides is 1. The average Bonchev–Trinajstić information content (AvgIpc) is 3.04. The van der Waals surface area contributed by atoms with E-state index in [0.717, 1.165) is 50.4 Å². The van der Waals surface area contributed by atoms with Crippen molar-refractivity contribution in [3.63, 3.8) is 0 Å². The molecule has 152 valence electrons. The molecule has 1 aliphatic heterocycles. The van der Waals surface area contributed by atoms with Gasteiger partial charge in [-0.25, -0.2) is 4.68 Å². The third-order valence-corrected chi connectivity index (χ3v) is 5.48. The van der Waals surface area contributed by atoms with Gasteiger partial charge in [0.1, 0.15) is 0 Å². The number of piperidine rings is 1. The van der Waals surface area contributed by atoms with Crippen molar-refractivity contribution in [2.24, 2.45) is 5.92 Å². The SMILES string of the molecule is Cc1ccc(-n2nnc(C(=O)N(C)CC3CCN(CC(C)O)CC3)c2C)cc1. The monoisotopic (exact) mass is 385 g/mol. The van der Waals surface area contributed by atoms with E-state index in [2.05, 4.69) is 15.2 Å². The second-order valence-electron chi connectivity index (χ2n) is 8.05. The van der Waals surface area contributed by atoms with Crippen LogP contribution in [0.5, 0.6) is 0 Å². The van der Waals surface area contributed by atoms with Gasteiger partial charge in [0.25, 0.3) is 5.91 Å². The second-order valence-corrected chi connectivity index (χ2v) is 8.05. The maximum absolute atomic E-state index is 12.9. The van der Waals surface area contributed by atoms with Gasteiger partial charge >= 0.3 is 0 Å². The number of hydrogen-bond acceptors (Lipinski definition) is 5. The topological polar surface area (TPSA) is 74.5 Å². The molecule has 0 saturated carbocycles. The van der Waals surface area contributed by atoms with Gasteiger partial charge in [-0.3, -0.25) is 4.79 Å². The van der Waals surface area contributed by atoms with Crippen LogP contribution in [0.25, 0.3) is 5.69 Å². The molecule has 1 aromatic heterocycles. The fourth-order valence-electron chi connectivity index (χ4n) is 3.83. The van der Waals surface area contributed by atoms with Crippen LogP contribution < -0.4 is 0 Å². The first-order valence-corrected chi connectivity index (χ1v) is 10.0. The van der Waals surface area contributed by atoms with Gasteiger partial charge in [0.15, 0.2) is 5.69 Å². The first kappa shape index (κ1) is 20.5. The molecule has 0 radical (unpaired) electrons. The van der Waals surface area contributed by atoms with Crippen LogP contribution in [0, 0.1) is 19.8 Å². The van der Waals surface area contributed by atoms with Crippen molar-refractivity contribution in [2.75, 3.05) is 33.2 Å². The maximum atomic E-state index is 12.9. The number of nitrogens with zero attached hydrogens (tertiary/aromatic N) is 5. The number of carbonyl (C=O) groups is 1. The van der Waals surface area contributed by atoms with E-state index in [1.54, 1.807) is 9.58 Å². The Bertz CT molecular complexity index is 792. The van der Waals surface area contributed by atoms with E-state index in [4.69, 9.17) is 0 Å². The van der Waals surface area contributed by atoms with Gasteiger partial charge in [-0.1, -0.05) is 22.9 Å². The molecule has 2 heterocycles. The first-order chi connectivity index (χ1) is 13.3. The molecule has 1 aliphatic rings. The number of likely N-dealkylation sites (tertiary alicyclic amines) is 1. The summed E-state index contributed by atoms with van der Waals surface area (Å²) < 4.78 is 1.72. The van der Waals surface area contributed by atoms with Crippen molar-refractivity contribution >= 4 is 5.91 Å². The van der Waals surface area contributed by atoms with Crippen LogP contribution in [-0.2, 0) is 0 Å². The highest BCUT2D eigenvalue weighted by Crippen LogP contribution is 2.20. The number of carbonyl (C=O) groups excluding carboxylic acids is 1. The van der Waals surface area contributed by atoms with Gasteiger partial charge in [-0.15, -0.1) is 5.10 Å². The smallest absolute Gasteiger partial charge is 0.276 e. The maximum Gasteiger partial charge on any atom is 0.276 e. The lowest BCUT2D eigenvalue weighted by Gasteiger charge is -2.34. The molecule has 1 N–H and O–H groups in total. The highest BCUT2D eigenvalue weighted by molar-refractivity contribution is 5.93. The minimum absolute atomic E-state index is 0.0812. The van der Waals surface area contributed by atoms with Gasteiger partial charge in [0, 0.05) is 20.1 Å². The molecular weight excluding hydrogens is 354 g/mol. The van der Waals surface area contributed by atoms with Gasteiger partial charge in [-0.2, -0.15) is 0 Å². The third kappa shape index (κ3) is 4.77. The van der Waals surface area contributed by atoms with Crippen LogP contribution in [0.1, 0.15) is 41.5 Å². The van der Waals surface area contributed by atoms with Gasteiger partial charge in [-0.05, 0) is 64.8 Å². The summed E-state index contributed by atoms with van der Waals surface area (Å²) in [6, 6.07) is 8.01. The van der Waals surface area contributed by atoms with Gasteiger partial charge in [0.05, 0.1) is 17.5 Å². The summed E-state index contributed by atoms with van der Waals surface area (Å²) in [6.45, 7) is 9.14. The minimum Gasteiger partial charge on any atom is -0.392 e. The van der Waals surface area contributed by atoms with E-state index in [0.29, 0.717) is 11.6 Å². The Balaban J connectivity index is 1.60. The highest BCUT2D eigenvalue weighted by Gasteiger charge is 2.25. The molecule has 0 spiro atoms. The van der Waals surface area contributed by atoms with E-state index < -0.39 is 0 Å². The van der Waals surface area contributed by atoms with Crippen molar-refractivity contribution in [1.29, 1.82) is 0 Å². The molecule has 1 fully saturated rings. The number of rotatable bonds is 6. The summed E-state index contributed by atoms with van der Waals surface area (Å²) in [4.78, 5) is 17.0. The Kier molecular flexibility index (Phi) is 6.46. The number of aromatic nitrogens is 3. The van der Waals surface area contributed by atoms with Gasteiger partial charge < -0.3 is 14.9 Å². The lowest BCUT2D eigenvalue weighted by atomic mass is 9.96. The Hall–Kier alpha value is -2.25. The minimum atomic E-state index is -0.292. The van der Waals surface area contributed by atoms with Crippen LogP contribution in [-0.4, -0.2) is 75.1 Å². The molecule has 28 heavy (non-hydrogen) atoms. The van der Waals surface area contributed by atoms with Crippen LogP contribution in [0.15, 0.2) is 24.3 Å². The summed E-state index contributed by atoms with van der Waals surface area (Å²) in [6.07, 6.45) is 1.79. The summed E-state index contributed by atoms with van der Waals surface area (Å²) in [5.41, 5.74) is 3.25. The third-order valence-electron chi connectivity index (χ3n) is 5.48. The summed E-state index contributed by atoms with van der Waals surface area (Å²) in [7, 11) is 1.84. The lowest BCUT2D eigenvalue weighted by Crippen LogP contribution is -2.41. The number of aliphatic hydroxyl groups excluding tert-OH is 1. The molecule has 1 atom stereocenters. The Labute approximate surface area is 166 Å². The molecule has 7 heteroatoms. The van der Waals surface area contributed by atoms with Crippen molar-refractivity contribution < 1.29 is 9.90 Å². The molecule has 2 aromatic rings. The van der Waals surface area contributed by atoms with Crippen molar-refractivity contribution in [3.8, 4) is 5.69 Å². The summed E-state index contributed by atoms with van der Waals surface area (Å²) >= 11 is 0. The predicted molar refractivity (Wildman–Crippen MR) is 109 cm³/mol. The normalized spacial score (nSPS) is 16.9. The first-order valence-electron chi connectivity index (χ1n) is 10.0. The van der Waals surface area contributed by atoms with Crippen LogP contribution in [0.4, 0.5) is 0 Å². The fraction of sp³-hybridized carbons (Fsp3) is 0.571. The summed E-state index contributed by atoms with van der Waals surface area (Å²) in [5, 5.41) is 17.9. The Morgan fingerprint density at radius 3 is 2.50 bits per heavy atom. The largest absolute Gasteiger partial charge is 0.392 e. The second kappa shape index (κ2) is 8.84. The lowest BCUT2D eigenvalue weighted by molar-refractivity contribution is 0.0697. The fourth-order valence-corrected chi connectivity index (χ4v) is 3.83. The number of β-amino-alcohol motifs (C(OH)–C–C–N with tert-alkyl or cyclic N) is 1. The highest BCUT2D eigenvalue weighted by atomic mass is 16.3. The number of aryl methyl sites for hydroxylation is 1. The standard InChI is InChI=1S/C21H31N5O2/c1-15-5-7-19(8-6-15)26-17(3)20(22-23-26)21(28)24(4)14-18-9-11-25(12-10-18)13-16(2)27/h5-8,16,18,27H,9-14H2,1-4H3. The molecule has 3 rings (SSSR count). The quantitative estimate of drug-likeness (QED) is 0.824. The molecular formula is C21H31N5O2. The molecule has 1 amide bonds. The van der Waals surface area contributed by atoms with Crippen molar-refractivity contribution in [1.82, 2.24) is 24.8 Å². The summed E-state index contributed by atoms with van der Waals surface area (Å²) in [5.74, 6) is 0.397. The molecule has 7 nitrogen and oxygen atoms in total. The van der Waals surface area contributed by atoms with E-state index >= 15 is 0 Å². The van der Waals surface area contributed by atoms with E-state index in [1.165, 1.54) is 5.56 Å². The van der Waals surface area contributed by atoms with E-state index in [1.807, 2.05) is 52.1 Å². The molecule has 0 aliphatic carbocycles. The Morgan fingerprint density at radius 2 is 1.89 bits per heavy atom. The van der Waals surface area contributed by atoms with E-state index in [9.17, 15) is 9.90 Å². The van der Waals surface area contributed by atoms with Crippen molar-refractivity contribution in [2.45, 2.75) is 39.7 Å². The predicted octanol–water partition coefficient (Wildman–Crippen LogP) is 2.05. The Morgan fingerprint density at radius 1 is 1.25 bits per heavy atom. The zero-order chi connectivity index (χ0) is 20.3.